The number of pyridine rings is 1. The van der Waals surface area contributed by atoms with E-state index in [0.717, 1.165) is 42.9 Å². The van der Waals surface area contributed by atoms with Gasteiger partial charge in [0.15, 0.2) is 0 Å². The number of aromatic nitrogens is 2. The summed E-state index contributed by atoms with van der Waals surface area (Å²) < 4.78 is 7.64. The Labute approximate surface area is 188 Å². The van der Waals surface area contributed by atoms with Gasteiger partial charge in [-0.2, -0.15) is 0 Å². The molecule has 0 saturated carbocycles. The van der Waals surface area contributed by atoms with Crippen LogP contribution >= 0.6 is 0 Å². The molecule has 1 N–H and O–H groups in total. The molecule has 2 aliphatic heterocycles. The number of nitrogens with zero attached hydrogens (tertiary/aromatic N) is 4. The van der Waals surface area contributed by atoms with Crippen molar-refractivity contribution in [3.63, 3.8) is 0 Å². The van der Waals surface area contributed by atoms with Crippen molar-refractivity contribution >= 4 is 16.8 Å². The van der Waals surface area contributed by atoms with Crippen molar-refractivity contribution in [2.75, 3.05) is 40.4 Å². The Morgan fingerprint density at radius 2 is 1.91 bits per heavy atom. The van der Waals surface area contributed by atoms with Crippen LogP contribution in [0.25, 0.3) is 10.9 Å². The van der Waals surface area contributed by atoms with E-state index in [0.29, 0.717) is 12.1 Å². The van der Waals surface area contributed by atoms with Crippen LogP contribution in [0.15, 0.2) is 42.7 Å². The van der Waals surface area contributed by atoms with E-state index >= 15 is 0 Å². The summed E-state index contributed by atoms with van der Waals surface area (Å²) in [5.41, 5.74) is 3.86. The summed E-state index contributed by atoms with van der Waals surface area (Å²) in [6.45, 7) is 2.44. The summed E-state index contributed by atoms with van der Waals surface area (Å²) in [6.07, 6.45) is 5.23. The highest BCUT2D eigenvalue weighted by atomic mass is 16.5. The van der Waals surface area contributed by atoms with Gasteiger partial charge in [0.25, 0.3) is 5.91 Å². The Morgan fingerprint density at radius 3 is 2.56 bits per heavy atom. The first-order valence-electron chi connectivity index (χ1n) is 11.2. The zero-order valence-electron chi connectivity index (χ0n) is 18.9. The number of hydrogen-bond donors (Lipinski definition) is 1. The number of likely N-dealkylation sites (tertiary alicyclic amines) is 1. The average Bonchev–Trinajstić information content (AvgIpc) is 3.13. The van der Waals surface area contributed by atoms with Gasteiger partial charge in [0.1, 0.15) is 5.75 Å². The summed E-state index contributed by atoms with van der Waals surface area (Å²) in [4.78, 5) is 21.9. The minimum Gasteiger partial charge on any atom is -0.497 e. The predicted molar refractivity (Wildman–Crippen MR) is 123 cm³/mol. The fourth-order valence-corrected chi connectivity index (χ4v) is 5.69. The molecule has 0 aliphatic carbocycles. The number of carbonyl (C=O) groups is 1. The number of hydrogen-bond acceptors (Lipinski definition) is 5. The fraction of sp³-hybridized carbons (Fsp3) is 0.440. The van der Waals surface area contributed by atoms with Gasteiger partial charge < -0.3 is 24.2 Å². The van der Waals surface area contributed by atoms with Crippen molar-refractivity contribution in [2.45, 2.75) is 24.3 Å². The van der Waals surface area contributed by atoms with Crippen LogP contribution in [-0.4, -0.2) is 70.8 Å². The Bertz CT molecular complexity index is 1150. The van der Waals surface area contributed by atoms with Crippen LogP contribution < -0.4 is 4.74 Å². The van der Waals surface area contributed by atoms with Crippen LogP contribution in [0, 0.1) is 0 Å². The number of piperidine rings is 1. The smallest absolute Gasteiger partial charge is 0.254 e. The normalized spacial score (nSPS) is 20.5. The Morgan fingerprint density at radius 1 is 1.19 bits per heavy atom. The molecule has 0 radical (unpaired) electrons. The third-order valence-corrected chi connectivity index (χ3v) is 7.45. The SMILES string of the molecule is COc1ccc2c3c(n(C)c2c1)[C@@H](CO)N(C(=O)c1ccncc1)CC31CCN(C)CC1. The molecule has 2 aromatic heterocycles. The Balaban J connectivity index is 1.73. The first-order valence-corrected chi connectivity index (χ1v) is 11.2. The highest BCUT2D eigenvalue weighted by Gasteiger charge is 2.49. The molecule has 168 valence electrons. The fourth-order valence-electron chi connectivity index (χ4n) is 5.69. The van der Waals surface area contributed by atoms with E-state index in [1.54, 1.807) is 31.6 Å². The summed E-state index contributed by atoms with van der Waals surface area (Å²) in [7, 11) is 5.86. The molecule has 7 heteroatoms. The second kappa shape index (κ2) is 7.90. The highest BCUT2D eigenvalue weighted by molar-refractivity contribution is 5.96. The predicted octanol–water partition coefficient (Wildman–Crippen LogP) is 2.73. The first-order chi connectivity index (χ1) is 15.5. The highest BCUT2D eigenvalue weighted by Crippen LogP contribution is 2.50. The van der Waals surface area contributed by atoms with Crippen LogP contribution in [0.5, 0.6) is 5.75 Å². The van der Waals surface area contributed by atoms with Gasteiger partial charge in [-0.3, -0.25) is 9.78 Å². The Kier molecular flexibility index (Phi) is 5.18. The molecule has 32 heavy (non-hydrogen) atoms. The van der Waals surface area contributed by atoms with Crippen LogP contribution in [0.3, 0.4) is 0 Å². The molecule has 0 unspecified atom stereocenters. The molecule has 1 saturated heterocycles. The van der Waals surface area contributed by atoms with Gasteiger partial charge in [-0.15, -0.1) is 0 Å². The lowest BCUT2D eigenvalue weighted by atomic mass is 9.68. The van der Waals surface area contributed by atoms with E-state index in [2.05, 4.69) is 33.6 Å². The summed E-state index contributed by atoms with van der Waals surface area (Å²) in [5, 5.41) is 11.7. The lowest BCUT2D eigenvalue weighted by Crippen LogP contribution is -2.55. The van der Waals surface area contributed by atoms with E-state index in [4.69, 9.17) is 4.74 Å². The van der Waals surface area contributed by atoms with Crippen LogP contribution in [0.2, 0.25) is 0 Å². The second-order valence-electron chi connectivity index (χ2n) is 9.15. The number of ether oxygens (including phenoxy) is 1. The molecule has 1 fully saturated rings. The number of aryl methyl sites for hydroxylation is 1. The molecule has 1 spiro atoms. The minimum absolute atomic E-state index is 0.0572. The van der Waals surface area contributed by atoms with Gasteiger partial charge in [0.2, 0.25) is 0 Å². The largest absolute Gasteiger partial charge is 0.497 e. The number of amides is 1. The standard InChI is InChI=1S/C25H30N4O3/c1-27-12-8-25(9-13-27)16-29(24(31)17-6-10-26-11-7-17)21(15-30)23-22(25)19-5-4-18(32-3)14-20(19)28(23)2/h4-7,10-11,14,21,30H,8-9,12-13,15-16H2,1-3H3/t21-/m1/s1. The van der Waals surface area contributed by atoms with Gasteiger partial charge >= 0.3 is 0 Å². The van der Waals surface area contributed by atoms with Crippen molar-refractivity contribution in [3.05, 3.63) is 59.5 Å². The summed E-state index contributed by atoms with van der Waals surface area (Å²) in [6, 6.07) is 9.30. The molecule has 1 atom stereocenters. The lowest BCUT2D eigenvalue weighted by molar-refractivity contribution is 0.0353. The minimum atomic E-state index is -0.403. The van der Waals surface area contributed by atoms with Crippen molar-refractivity contribution in [1.29, 1.82) is 0 Å². The second-order valence-corrected chi connectivity index (χ2v) is 9.15. The summed E-state index contributed by atoms with van der Waals surface area (Å²) in [5.74, 6) is 0.747. The number of rotatable bonds is 3. The van der Waals surface area contributed by atoms with E-state index < -0.39 is 6.04 Å². The summed E-state index contributed by atoms with van der Waals surface area (Å²) >= 11 is 0. The number of methoxy groups -OCH3 is 1. The number of aliphatic hydroxyl groups is 1. The third kappa shape index (κ3) is 3.11. The van der Waals surface area contributed by atoms with Crippen LogP contribution in [0.1, 0.15) is 40.5 Å². The molecule has 1 aromatic carbocycles. The molecule has 2 aliphatic rings. The van der Waals surface area contributed by atoms with Crippen molar-refractivity contribution < 1.29 is 14.6 Å². The number of fused-ring (bicyclic) bond motifs is 4. The van der Waals surface area contributed by atoms with Crippen LogP contribution in [0.4, 0.5) is 0 Å². The average molecular weight is 435 g/mol. The maximum absolute atomic E-state index is 13.6. The van der Waals surface area contributed by atoms with Gasteiger partial charge in [0, 0.05) is 54.1 Å². The topological polar surface area (TPSA) is 70.8 Å². The Hall–Kier alpha value is -2.90. The monoisotopic (exact) mass is 434 g/mol. The van der Waals surface area contributed by atoms with Crippen molar-refractivity contribution in [3.8, 4) is 5.75 Å². The van der Waals surface area contributed by atoms with Crippen molar-refractivity contribution in [2.24, 2.45) is 7.05 Å². The molecule has 3 aromatic rings. The number of benzene rings is 1. The quantitative estimate of drug-likeness (QED) is 0.686. The van der Waals surface area contributed by atoms with Crippen LogP contribution in [-0.2, 0) is 12.5 Å². The van der Waals surface area contributed by atoms with Gasteiger partial charge in [-0.05, 0) is 62.8 Å². The molecule has 0 bridgehead atoms. The van der Waals surface area contributed by atoms with Gasteiger partial charge in [-0.1, -0.05) is 0 Å². The van der Waals surface area contributed by atoms with Gasteiger partial charge in [-0.25, -0.2) is 0 Å². The molecule has 7 nitrogen and oxygen atoms in total. The maximum Gasteiger partial charge on any atom is 0.254 e. The molecule has 5 rings (SSSR count). The molecule has 1 amide bonds. The molecule has 4 heterocycles. The van der Waals surface area contributed by atoms with E-state index in [-0.39, 0.29) is 17.9 Å². The zero-order valence-corrected chi connectivity index (χ0v) is 18.9. The van der Waals surface area contributed by atoms with Crippen molar-refractivity contribution in [1.82, 2.24) is 19.4 Å². The lowest BCUT2D eigenvalue weighted by Gasteiger charge is -2.50. The molecular formula is C25H30N4O3. The number of aliphatic hydroxyl groups excluding tert-OH is 1. The van der Waals surface area contributed by atoms with E-state index in [9.17, 15) is 9.90 Å². The maximum atomic E-state index is 13.6. The first kappa shape index (κ1) is 21.0. The van der Waals surface area contributed by atoms with E-state index in [1.165, 1.54) is 10.9 Å². The third-order valence-electron chi connectivity index (χ3n) is 7.45. The molecular weight excluding hydrogens is 404 g/mol. The number of carbonyl (C=O) groups excluding carboxylic acids is 1. The van der Waals surface area contributed by atoms with E-state index in [1.807, 2.05) is 18.0 Å². The van der Waals surface area contributed by atoms with Gasteiger partial charge in [0.05, 0.1) is 25.3 Å². The zero-order chi connectivity index (χ0) is 22.5.